The fourth-order valence-corrected chi connectivity index (χ4v) is 3.36. The molecule has 0 aliphatic heterocycles. The first-order valence-corrected chi connectivity index (χ1v) is 7.77. The van der Waals surface area contributed by atoms with Crippen molar-refractivity contribution in [2.45, 2.75) is 18.4 Å². The van der Waals surface area contributed by atoms with Crippen LogP contribution in [0.25, 0.3) is 0 Å². The monoisotopic (exact) mass is 311 g/mol. The highest BCUT2D eigenvalue weighted by Gasteiger charge is 2.17. The van der Waals surface area contributed by atoms with Crippen LogP contribution in [0.3, 0.4) is 0 Å². The average Bonchev–Trinajstić information content (AvgIpc) is 2.41. The van der Waals surface area contributed by atoms with Gasteiger partial charge in [-0.05, 0) is 42.3 Å². The molecular formula is C14H14ClNO3S. The second-order valence-corrected chi connectivity index (χ2v) is 6.46. The van der Waals surface area contributed by atoms with Crippen LogP contribution >= 0.6 is 11.6 Å². The summed E-state index contributed by atoms with van der Waals surface area (Å²) in [7, 11) is -3.71. The van der Waals surface area contributed by atoms with Crippen molar-refractivity contribution >= 4 is 27.3 Å². The molecule has 0 fully saturated rings. The highest BCUT2D eigenvalue weighted by Crippen LogP contribution is 2.23. The maximum absolute atomic E-state index is 12.3. The van der Waals surface area contributed by atoms with Gasteiger partial charge in [-0.2, -0.15) is 0 Å². The smallest absolute Gasteiger partial charge is 0.262 e. The molecule has 0 saturated carbocycles. The predicted octanol–water partition coefficient (Wildman–Crippen LogP) is 2.94. The van der Waals surface area contributed by atoms with Crippen LogP contribution in [0.1, 0.15) is 11.1 Å². The van der Waals surface area contributed by atoms with Crippen LogP contribution < -0.4 is 4.72 Å². The van der Waals surface area contributed by atoms with Crippen molar-refractivity contribution in [3.05, 3.63) is 58.6 Å². The van der Waals surface area contributed by atoms with Crippen LogP contribution in [0, 0.1) is 6.92 Å². The molecule has 2 aromatic carbocycles. The van der Waals surface area contributed by atoms with Crippen molar-refractivity contribution in [1.29, 1.82) is 0 Å². The van der Waals surface area contributed by atoms with Crippen molar-refractivity contribution in [3.63, 3.8) is 0 Å². The Bertz CT molecular complexity index is 729. The van der Waals surface area contributed by atoms with E-state index in [1.807, 2.05) is 0 Å². The highest BCUT2D eigenvalue weighted by atomic mass is 35.5. The van der Waals surface area contributed by atoms with E-state index in [4.69, 9.17) is 16.7 Å². The highest BCUT2D eigenvalue weighted by molar-refractivity contribution is 7.92. The molecule has 2 rings (SSSR count). The van der Waals surface area contributed by atoms with Gasteiger partial charge in [-0.1, -0.05) is 29.8 Å². The van der Waals surface area contributed by atoms with Crippen molar-refractivity contribution in [2.75, 3.05) is 4.72 Å². The molecule has 4 nitrogen and oxygen atoms in total. The Balaban J connectivity index is 2.38. The van der Waals surface area contributed by atoms with Gasteiger partial charge in [0.05, 0.1) is 11.5 Å². The van der Waals surface area contributed by atoms with Gasteiger partial charge in [-0.25, -0.2) is 8.42 Å². The minimum Gasteiger partial charge on any atom is -0.392 e. The zero-order chi connectivity index (χ0) is 14.8. The molecule has 0 aliphatic carbocycles. The first-order valence-electron chi connectivity index (χ1n) is 5.91. The van der Waals surface area contributed by atoms with Crippen molar-refractivity contribution in [1.82, 2.24) is 0 Å². The summed E-state index contributed by atoms with van der Waals surface area (Å²) >= 11 is 5.85. The van der Waals surface area contributed by atoms with Gasteiger partial charge in [0.2, 0.25) is 0 Å². The zero-order valence-corrected chi connectivity index (χ0v) is 12.4. The molecule has 0 bridgehead atoms. The van der Waals surface area contributed by atoms with Gasteiger partial charge in [0.1, 0.15) is 0 Å². The number of anilines is 1. The third-order valence-electron chi connectivity index (χ3n) is 2.80. The van der Waals surface area contributed by atoms with E-state index in [1.54, 1.807) is 43.3 Å². The van der Waals surface area contributed by atoms with Crippen LogP contribution in [0.2, 0.25) is 5.02 Å². The number of aliphatic hydroxyl groups excluding tert-OH is 1. The van der Waals surface area contributed by atoms with Crippen LogP contribution in [0.15, 0.2) is 47.4 Å². The van der Waals surface area contributed by atoms with E-state index in [1.165, 1.54) is 6.07 Å². The average molecular weight is 312 g/mol. The summed E-state index contributed by atoms with van der Waals surface area (Å²) in [6, 6.07) is 11.3. The summed E-state index contributed by atoms with van der Waals surface area (Å²) in [6.45, 7) is 1.56. The molecule has 0 unspecified atom stereocenters. The second-order valence-electron chi connectivity index (χ2n) is 4.37. The maximum Gasteiger partial charge on any atom is 0.262 e. The van der Waals surface area contributed by atoms with Crippen LogP contribution in [-0.2, 0) is 16.6 Å². The number of rotatable bonds is 4. The fraction of sp³-hybridized carbons (Fsp3) is 0.143. The SMILES string of the molecule is Cc1ccc(Cl)cc1S(=O)(=O)Nc1cccc(CO)c1. The molecule has 0 radical (unpaired) electrons. The van der Waals surface area contributed by atoms with Crippen molar-refractivity contribution in [2.24, 2.45) is 0 Å². The predicted molar refractivity (Wildman–Crippen MR) is 79.4 cm³/mol. The van der Waals surface area contributed by atoms with E-state index in [2.05, 4.69) is 4.72 Å². The summed E-state index contributed by atoms with van der Waals surface area (Å²) in [4.78, 5) is 0.138. The lowest BCUT2D eigenvalue weighted by Crippen LogP contribution is -2.14. The molecule has 0 saturated heterocycles. The Morgan fingerprint density at radius 3 is 2.65 bits per heavy atom. The molecule has 2 aromatic rings. The summed E-state index contributed by atoms with van der Waals surface area (Å²) in [5.74, 6) is 0. The fourth-order valence-electron chi connectivity index (χ4n) is 1.81. The maximum atomic E-state index is 12.3. The van der Waals surface area contributed by atoms with Gasteiger partial charge >= 0.3 is 0 Å². The number of sulfonamides is 1. The first kappa shape index (κ1) is 14.8. The molecule has 0 spiro atoms. The Morgan fingerprint density at radius 1 is 1.20 bits per heavy atom. The van der Waals surface area contributed by atoms with Crippen LogP contribution in [0.5, 0.6) is 0 Å². The van der Waals surface area contributed by atoms with Gasteiger partial charge in [0, 0.05) is 10.7 Å². The molecule has 2 N–H and O–H groups in total. The number of benzene rings is 2. The number of hydrogen-bond acceptors (Lipinski definition) is 3. The zero-order valence-electron chi connectivity index (χ0n) is 10.8. The second kappa shape index (κ2) is 5.83. The van der Waals surface area contributed by atoms with Gasteiger partial charge in [-0.15, -0.1) is 0 Å². The lowest BCUT2D eigenvalue weighted by Gasteiger charge is -2.11. The summed E-state index contributed by atoms with van der Waals surface area (Å²) in [5, 5.41) is 9.42. The van der Waals surface area contributed by atoms with E-state index < -0.39 is 10.0 Å². The van der Waals surface area contributed by atoms with Crippen LogP contribution in [-0.4, -0.2) is 13.5 Å². The van der Waals surface area contributed by atoms with Gasteiger partial charge < -0.3 is 5.11 Å². The Morgan fingerprint density at radius 2 is 1.95 bits per heavy atom. The van der Waals surface area contributed by atoms with Crippen molar-refractivity contribution < 1.29 is 13.5 Å². The van der Waals surface area contributed by atoms with Crippen LogP contribution in [0.4, 0.5) is 5.69 Å². The Labute approximate surface area is 123 Å². The topological polar surface area (TPSA) is 66.4 Å². The third kappa shape index (κ3) is 3.30. The van der Waals surface area contributed by atoms with Crippen molar-refractivity contribution in [3.8, 4) is 0 Å². The summed E-state index contributed by atoms with van der Waals surface area (Å²) in [5.41, 5.74) is 1.64. The normalized spacial score (nSPS) is 11.3. The minimum atomic E-state index is -3.71. The first-order chi connectivity index (χ1) is 9.42. The van der Waals surface area contributed by atoms with E-state index in [9.17, 15) is 8.42 Å². The molecule has 20 heavy (non-hydrogen) atoms. The lowest BCUT2D eigenvalue weighted by molar-refractivity contribution is 0.282. The number of halogens is 1. The molecule has 106 valence electrons. The number of nitrogens with one attached hydrogen (secondary N) is 1. The van der Waals surface area contributed by atoms with Gasteiger partial charge in [0.15, 0.2) is 0 Å². The molecule has 0 heterocycles. The summed E-state index contributed by atoms with van der Waals surface area (Å²) < 4.78 is 27.2. The largest absolute Gasteiger partial charge is 0.392 e. The molecule has 0 amide bonds. The number of aryl methyl sites for hydroxylation is 1. The van der Waals surface area contributed by atoms with E-state index >= 15 is 0 Å². The Hall–Kier alpha value is -1.56. The molecule has 6 heteroatoms. The minimum absolute atomic E-state index is 0.138. The van der Waals surface area contributed by atoms with E-state index in [0.717, 1.165) is 0 Å². The molecule has 0 atom stereocenters. The van der Waals surface area contributed by atoms with Gasteiger partial charge in [0.25, 0.3) is 10.0 Å². The van der Waals surface area contributed by atoms with E-state index in [-0.39, 0.29) is 11.5 Å². The van der Waals surface area contributed by atoms with Gasteiger partial charge in [-0.3, -0.25) is 4.72 Å². The third-order valence-corrected chi connectivity index (χ3v) is 4.56. The summed E-state index contributed by atoms with van der Waals surface area (Å²) in [6.07, 6.45) is 0. The molecular weight excluding hydrogens is 298 g/mol. The lowest BCUT2D eigenvalue weighted by atomic mass is 10.2. The Kier molecular flexibility index (Phi) is 4.32. The molecule has 0 aromatic heterocycles. The number of hydrogen-bond donors (Lipinski definition) is 2. The quantitative estimate of drug-likeness (QED) is 0.912. The molecule has 0 aliphatic rings. The van der Waals surface area contributed by atoms with E-state index in [0.29, 0.717) is 21.8 Å². The number of aliphatic hydroxyl groups is 1. The standard InChI is InChI=1S/C14H14ClNO3S/c1-10-5-6-12(15)8-14(10)20(18,19)16-13-4-2-3-11(7-13)9-17/h2-8,16-17H,9H2,1H3.